The Labute approximate surface area is 135 Å². The predicted molar refractivity (Wildman–Crippen MR) is 83.4 cm³/mol. The lowest BCUT2D eigenvalue weighted by Crippen LogP contribution is -2.05. The van der Waals surface area contributed by atoms with E-state index in [2.05, 4.69) is 9.97 Å². The molecule has 0 spiro atoms. The number of hydrogen-bond donors (Lipinski definition) is 1. The first-order chi connectivity index (χ1) is 11.2. The molecule has 1 aromatic carbocycles. The molecule has 1 aliphatic heterocycles. The van der Waals surface area contributed by atoms with Gasteiger partial charge in [0.2, 0.25) is 6.79 Å². The van der Waals surface area contributed by atoms with Gasteiger partial charge in [-0.25, -0.2) is 14.8 Å². The van der Waals surface area contributed by atoms with Crippen LogP contribution in [0.4, 0.5) is 0 Å². The standard InChI is InChI=1S/C15H13N3O4S/c1-2-13-16-8-3-11-12(22-7-21-11)4-10(8)18(13)5-14-17-9(6-23-14)15(19)20/h3-4,6H,2,5,7H2,1H3,(H,19,20). The number of carbonyl (C=O) groups is 1. The summed E-state index contributed by atoms with van der Waals surface area (Å²) >= 11 is 1.33. The minimum atomic E-state index is -1.01. The van der Waals surface area contributed by atoms with Crippen molar-refractivity contribution in [2.24, 2.45) is 0 Å². The summed E-state index contributed by atoms with van der Waals surface area (Å²) in [6, 6.07) is 3.79. The Morgan fingerprint density at radius 1 is 1.35 bits per heavy atom. The van der Waals surface area contributed by atoms with Gasteiger partial charge in [-0.2, -0.15) is 0 Å². The molecule has 8 heteroatoms. The summed E-state index contributed by atoms with van der Waals surface area (Å²) in [5.74, 6) is 1.30. The fourth-order valence-electron chi connectivity index (χ4n) is 2.63. The monoisotopic (exact) mass is 331 g/mol. The zero-order valence-corrected chi connectivity index (χ0v) is 13.1. The van der Waals surface area contributed by atoms with Crippen molar-refractivity contribution in [3.8, 4) is 11.5 Å². The first-order valence-corrected chi connectivity index (χ1v) is 8.00. The van der Waals surface area contributed by atoms with Crippen molar-refractivity contribution >= 4 is 28.3 Å². The summed E-state index contributed by atoms with van der Waals surface area (Å²) in [6.45, 7) is 2.73. The van der Waals surface area contributed by atoms with E-state index >= 15 is 0 Å². The molecule has 0 saturated carbocycles. The van der Waals surface area contributed by atoms with Gasteiger partial charge in [-0.15, -0.1) is 11.3 Å². The lowest BCUT2D eigenvalue weighted by Gasteiger charge is -2.06. The van der Waals surface area contributed by atoms with Gasteiger partial charge in [-0.3, -0.25) is 0 Å². The topological polar surface area (TPSA) is 86.5 Å². The third kappa shape index (κ3) is 2.31. The van der Waals surface area contributed by atoms with Gasteiger partial charge in [0.25, 0.3) is 0 Å². The number of hydrogen-bond acceptors (Lipinski definition) is 6. The number of rotatable bonds is 4. The number of aromatic nitrogens is 3. The molecule has 2 aromatic heterocycles. The molecule has 0 radical (unpaired) electrons. The SMILES string of the molecule is CCc1nc2cc3c(cc2n1Cc1nc(C(=O)O)cs1)OCO3. The first kappa shape index (κ1) is 14.0. The highest BCUT2D eigenvalue weighted by atomic mass is 32.1. The Hall–Kier alpha value is -2.61. The molecule has 0 bridgehead atoms. The van der Waals surface area contributed by atoms with E-state index in [1.807, 2.05) is 23.6 Å². The summed E-state index contributed by atoms with van der Waals surface area (Å²) in [5, 5.41) is 11.3. The number of carboxylic acids is 1. The highest BCUT2D eigenvalue weighted by Gasteiger charge is 2.19. The number of thiazole rings is 1. The Kier molecular flexibility index (Phi) is 3.19. The normalized spacial score (nSPS) is 12.9. The number of imidazole rings is 1. The second kappa shape index (κ2) is 5.24. The quantitative estimate of drug-likeness (QED) is 0.790. The number of carboxylic acid groups (broad SMARTS) is 1. The average molecular weight is 331 g/mol. The maximum atomic E-state index is 11.0. The second-order valence-corrected chi connectivity index (χ2v) is 6.04. The largest absolute Gasteiger partial charge is 0.476 e. The van der Waals surface area contributed by atoms with Crippen LogP contribution in [0.1, 0.15) is 28.2 Å². The van der Waals surface area contributed by atoms with Crippen molar-refractivity contribution in [3.63, 3.8) is 0 Å². The molecular formula is C15H13N3O4S. The highest BCUT2D eigenvalue weighted by molar-refractivity contribution is 7.09. The summed E-state index contributed by atoms with van der Waals surface area (Å²) in [6.07, 6.45) is 0.762. The summed E-state index contributed by atoms with van der Waals surface area (Å²) in [4.78, 5) is 19.8. The Morgan fingerprint density at radius 3 is 2.83 bits per heavy atom. The highest BCUT2D eigenvalue weighted by Crippen LogP contribution is 2.36. The number of ether oxygens (including phenoxy) is 2. The zero-order chi connectivity index (χ0) is 16.0. The summed E-state index contributed by atoms with van der Waals surface area (Å²) in [7, 11) is 0. The molecule has 4 rings (SSSR count). The van der Waals surface area contributed by atoms with Gasteiger partial charge >= 0.3 is 5.97 Å². The van der Waals surface area contributed by atoms with E-state index in [9.17, 15) is 4.79 Å². The molecule has 23 heavy (non-hydrogen) atoms. The molecule has 7 nitrogen and oxygen atoms in total. The van der Waals surface area contributed by atoms with Gasteiger partial charge in [0.15, 0.2) is 17.2 Å². The maximum absolute atomic E-state index is 11.0. The van der Waals surface area contributed by atoms with Gasteiger partial charge in [-0.1, -0.05) is 6.92 Å². The van der Waals surface area contributed by atoms with E-state index < -0.39 is 5.97 Å². The smallest absolute Gasteiger partial charge is 0.355 e. The van der Waals surface area contributed by atoms with Crippen molar-refractivity contribution in [2.75, 3.05) is 6.79 Å². The summed E-state index contributed by atoms with van der Waals surface area (Å²) in [5.41, 5.74) is 1.84. The molecule has 1 N–H and O–H groups in total. The maximum Gasteiger partial charge on any atom is 0.355 e. The van der Waals surface area contributed by atoms with Crippen molar-refractivity contribution in [2.45, 2.75) is 19.9 Å². The summed E-state index contributed by atoms with van der Waals surface area (Å²) < 4.78 is 12.9. The van der Waals surface area contributed by atoms with Gasteiger partial charge in [0, 0.05) is 23.9 Å². The molecule has 0 amide bonds. The van der Waals surface area contributed by atoms with Crippen LogP contribution < -0.4 is 9.47 Å². The lowest BCUT2D eigenvalue weighted by molar-refractivity contribution is 0.0691. The molecule has 0 aliphatic carbocycles. The molecular weight excluding hydrogens is 318 g/mol. The van der Waals surface area contributed by atoms with E-state index in [4.69, 9.17) is 14.6 Å². The van der Waals surface area contributed by atoms with Crippen LogP contribution in [0.15, 0.2) is 17.5 Å². The van der Waals surface area contributed by atoms with Crippen LogP contribution in [0.5, 0.6) is 11.5 Å². The number of fused-ring (bicyclic) bond motifs is 2. The van der Waals surface area contributed by atoms with E-state index in [0.717, 1.165) is 28.3 Å². The number of nitrogens with zero attached hydrogens (tertiary/aromatic N) is 3. The molecule has 0 unspecified atom stereocenters. The minimum Gasteiger partial charge on any atom is -0.476 e. The third-order valence-electron chi connectivity index (χ3n) is 3.70. The molecule has 3 heterocycles. The zero-order valence-electron chi connectivity index (χ0n) is 12.3. The number of benzene rings is 1. The van der Waals surface area contributed by atoms with E-state index in [0.29, 0.717) is 18.0 Å². The average Bonchev–Trinajstić information content (AvgIpc) is 3.24. The molecule has 0 atom stereocenters. The van der Waals surface area contributed by atoms with Gasteiger partial charge in [0.05, 0.1) is 17.6 Å². The second-order valence-electron chi connectivity index (χ2n) is 5.09. The predicted octanol–water partition coefficient (Wildman–Crippen LogP) is 2.53. The van der Waals surface area contributed by atoms with Crippen LogP contribution in [-0.2, 0) is 13.0 Å². The molecule has 1 aliphatic rings. The van der Waals surface area contributed by atoms with Crippen molar-refractivity contribution in [1.82, 2.24) is 14.5 Å². The van der Waals surface area contributed by atoms with E-state index in [-0.39, 0.29) is 12.5 Å². The minimum absolute atomic E-state index is 0.0742. The van der Waals surface area contributed by atoms with Crippen LogP contribution >= 0.6 is 11.3 Å². The van der Waals surface area contributed by atoms with Crippen LogP contribution in [-0.4, -0.2) is 32.4 Å². The fraction of sp³-hybridized carbons (Fsp3) is 0.267. The Bertz CT molecular complexity index is 915. The first-order valence-electron chi connectivity index (χ1n) is 7.12. The van der Waals surface area contributed by atoms with Crippen LogP contribution in [0, 0.1) is 0 Å². The van der Waals surface area contributed by atoms with Crippen LogP contribution in [0.2, 0.25) is 0 Å². The van der Waals surface area contributed by atoms with Gasteiger partial charge in [-0.05, 0) is 0 Å². The molecule has 3 aromatic rings. The Balaban J connectivity index is 1.79. The van der Waals surface area contributed by atoms with Crippen LogP contribution in [0.3, 0.4) is 0 Å². The van der Waals surface area contributed by atoms with Crippen molar-refractivity contribution < 1.29 is 19.4 Å². The van der Waals surface area contributed by atoms with Crippen LogP contribution in [0.25, 0.3) is 11.0 Å². The third-order valence-corrected chi connectivity index (χ3v) is 4.54. The molecule has 0 saturated heterocycles. The molecule has 0 fully saturated rings. The Morgan fingerprint density at radius 2 is 2.13 bits per heavy atom. The van der Waals surface area contributed by atoms with Gasteiger partial charge in [0.1, 0.15) is 10.8 Å². The number of aryl methyl sites for hydroxylation is 1. The van der Waals surface area contributed by atoms with E-state index in [1.165, 1.54) is 11.3 Å². The fourth-order valence-corrected chi connectivity index (χ4v) is 3.38. The lowest BCUT2D eigenvalue weighted by atomic mass is 10.2. The number of aromatic carboxylic acids is 1. The molecule has 118 valence electrons. The van der Waals surface area contributed by atoms with Gasteiger partial charge < -0.3 is 19.1 Å². The van der Waals surface area contributed by atoms with Crippen molar-refractivity contribution in [1.29, 1.82) is 0 Å². The van der Waals surface area contributed by atoms with E-state index in [1.54, 1.807) is 5.38 Å². The van der Waals surface area contributed by atoms with Crippen molar-refractivity contribution in [3.05, 3.63) is 34.0 Å².